The second kappa shape index (κ2) is 14.6. The Morgan fingerprint density at radius 3 is 2.16 bits per heavy atom. The van der Waals surface area contributed by atoms with Gasteiger partial charge in [-0.1, -0.05) is 0 Å². The number of ether oxygens (including phenoxy) is 5. The van der Waals surface area contributed by atoms with Crippen molar-refractivity contribution in [1.82, 2.24) is 19.5 Å². The summed E-state index contributed by atoms with van der Waals surface area (Å²) >= 11 is 0. The molecule has 0 aliphatic carbocycles. The number of anilines is 1. The molecule has 2 aromatic rings. The molecule has 0 saturated carbocycles. The fourth-order valence-corrected chi connectivity index (χ4v) is 3.73. The Hall–Kier alpha value is -3.04. The fourth-order valence-electron chi connectivity index (χ4n) is 2.73. The van der Waals surface area contributed by atoms with Gasteiger partial charge in [0.25, 0.3) is 0 Å². The van der Waals surface area contributed by atoms with E-state index >= 15 is 0 Å². The van der Waals surface area contributed by atoms with Gasteiger partial charge in [-0.05, 0) is 34.1 Å². The molecule has 2 heterocycles. The maximum atomic E-state index is 13.0. The van der Waals surface area contributed by atoms with Gasteiger partial charge in [-0.15, -0.1) is 0 Å². The first-order valence-corrected chi connectivity index (χ1v) is 12.9. The zero-order chi connectivity index (χ0) is 27.4. The molecular formula is C20H32N5O11P. The molecule has 17 heteroatoms. The summed E-state index contributed by atoms with van der Waals surface area (Å²) in [5.74, 6) is 0.200. The lowest BCUT2D eigenvalue weighted by atomic mass is 10.2. The number of carbonyl (C=O) groups is 2. The number of aliphatic hydroxyl groups is 1. The van der Waals surface area contributed by atoms with Crippen LogP contribution in [0.25, 0.3) is 11.2 Å². The number of aromatic nitrogens is 4. The lowest BCUT2D eigenvalue weighted by Gasteiger charge is -2.20. The summed E-state index contributed by atoms with van der Waals surface area (Å²) in [7, 11) is -4.08. The average Bonchev–Trinajstić information content (AvgIpc) is 3.23. The molecule has 0 radical (unpaired) electrons. The number of carbonyl (C=O) groups excluding carboxylic acids is 2. The van der Waals surface area contributed by atoms with Gasteiger partial charge in [-0.2, -0.15) is 0 Å². The Balaban J connectivity index is 1.93. The number of hydrogen-bond donors (Lipinski definition) is 2. The van der Waals surface area contributed by atoms with Crippen molar-refractivity contribution in [1.29, 1.82) is 0 Å². The molecule has 0 fully saturated rings. The molecule has 208 valence electrons. The molecule has 0 saturated heterocycles. The first kappa shape index (κ1) is 30.2. The van der Waals surface area contributed by atoms with Crippen molar-refractivity contribution in [2.24, 2.45) is 0 Å². The smallest absolute Gasteiger partial charge is 0.432 e. The van der Waals surface area contributed by atoms with Crippen LogP contribution in [-0.4, -0.2) is 82.3 Å². The monoisotopic (exact) mass is 549 g/mol. The van der Waals surface area contributed by atoms with Crippen LogP contribution < -0.4 is 5.73 Å². The molecule has 2 rings (SSSR count). The molecule has 0 bridgehead atoms. The summed E-state index contributed by atoms with van der Waals surface area (Å²) < 4.78 is 49.2. The summed E-state index contributed by atoms with van der Waals surface area (Å²) in [4.78, 5) is 35.2. The molecule has 1 atom stereocenters. The van der Waals surface area contributed by atoms with Crippen LogP contribution in [0.2, 0.25) is 0 Å². The summed E-state index contributed by atoms with van der Waals surface area (Å²) in [6, 6.07) is -0.496. The van der Waals surface area contributed by atoms with E-state index in [0.717, 1.165) is 0 Å². The van der Waals surface area contributed by atoms with Crippen molar-refractivity contribution < 1.29 is 52.0 Å². The zero-order valence-corrected chi connectivity index (χ0v) is 21.9. The SMILES string of the molecule is CC(C)OC(=O)OCOP(=O)(COCCC(CO)n1cnc2c(N)ncnc21)OCOC(=O)OC(C)C. The predicted molar refractivity (Wildman–Crippen MR) is 126 cm³/mol. The minimum atomic E-state index is -4.08. The van der Waals surface area contributed by atoms with Gasteiger partial charge < -0.3 is 39.1 Å². The Kier molecular flexibility index (Phi) is 11.9. The van der Waals surface area contributed by atoms with Gasteiger partial charge in [0.05, 0.1) is 31.2 Å². The molecular weight excluding hydrogens is 517 g/mol. The summed E-state index contributed by atoms with van der Waals surface area (Å²) in [6.45, 7) is 4.64. The third-order valence-corrected chi connectivity index (χ3v) is 5.85. The van der Waals surface area contributed by atoms with Crippen molar-refractivity contribution in [3.05, 3.63) is 12.7 Å². The van der Waals surface area contributed by atoms with Crippen LogP contribution >= 0.6 is 7.60 Å². The average molecular weight is 549 g/mol. The van der Waals surface area contributed by atoms with Crippen molar-refractivity contribution in [2.45, 2.75) is 52.4 Å². The minimum Gasteiger partial charge on any atom is -0.432 e. The van der Waals surface area contributed by atoms with Crippen LogP contribution in [0.3, 0.4) is 0 Å². The van der Waals surface area contributed by atoms with Crippen molar-refractivity contribution in [3.8, 4) is 0 Å². The molecule has 2 aromatic heterocycles. The van der Waals surface area contributed by atoms with Crippen LogP contribution in [0, 0.1) is 0 Å². The van der Waals surface area contributed by atoms with Crippen LogP contribution in [-0.2, 0) is 37.3 Å². The van der Waals surface area contributed by atoms with Gasteiger partial charge in [0.2, 0.25) is 13.6 Å². The molecule has 0 amide bonds. The molecule has 0 aromatic carbocycles. The van der Waals surface area contributed by atoms with Gasteiger partial charge in [0.1, 0.15) is 18.2 Å². The maximum absolute atomic E-state index is 13.0. The minimum absolute atomic E-state index is 0.00529. The van der Waals surface area contributed by atoms with E-state index in [0.29, 0.717) is 11.2 Å². The van der Waals surface area contributed by atoms with Crippen LogP contribution in [0.4, 0.5) is 15.4 Å². The molecule has 1 unspecified atom stereocenters. The molecule has 16 nitrogen and oxygen atoms in total. The van der Waals surface area contributed by atoms with E-state index in [1.54, 1.807) is 32.3 Å². The predicted octanol–water partition coefficient (Wildman–Crippen LogP) is 2.57. The third-order valence-electron chi connectivity index (χ3n) is 4.35. The maximum Gasteiger partial charge on any atom is 0.510 e. The van der Waals surface area contributed by atoms with Crippen molar-refractivity contribution in [2.75, 3.05) is 38.9 Å². The number of imidazole rings is 1. The van der Waals surface area contributed by atoms with Crippen molar-refractivity contribution >= 4 is 36.9 Å². The van der Waals surface area contributed by atoms with Crippen LogP contribution in [0.15, 0.2) is 12.7 Å². The van der Waals surface area contributed by atoms with E-state index in [1.807, 2.05) is 0 Å². The highest BCUT2D eigenvalue weighted by Crippen LogP contribution is 2.48. The van der Waals surface area contributed by atoms with Gasteiger partial charge >= 0.3 is 19.9 Å². The second-order valence-electron chi connectivity index (χ2n) is 7.97. The topological polar surface area (TPSA) is 206 Å². The van der Waals surface area contributed by atoms with E-state index in [4.69, 9.17) is 38.5 Å². The summed E-state index contributed by atoms with van der Waals surface area (Å²) in [5, 5.41) is 9.84. The van der Waals surface area contributed by atoms with Crippen LogP contribution in [0.5, 0.6) is 0 Å². The highest BCUT2D eigenvalue weighted by Gasteiger charge is 2.28. The van der Waals surface area contributed by atoms with Gasteiger partial charge in [-0.3, -0.25) is 13.6 Å². The molecule has 3 N–H and O–H groups in total. The quantitative estimate of drug-likeness (QED) is 0.142. The highest BCUT2D eigenvalue weighted by atomic mass is 31.2. The normalized spacial score (nSPS) is 12.6. The lowest BCUT2D eigenvalue weighted by Crippen LogP contribution is -2.18. The van der Waals surface area contributed by atoms with E-state index in [-0.39, 0.29) is 25.5 Å². The van der Waals surface area contributed by atoms with E-state index < -0.39 is 58.1 Å². The number of aliphatic hydroxyl groups excluding tert-OH is 1. The molecule has 0 aliphatic rings. The molecule has 0 spiro atoms. The Bertz CT molecular complexity index is 1030. The standard InChI is InChI=1S/C20H32N5O11P/c1-13(2)35-19(27)31-10-33-37(29,34-11-32-20(28)36-14(3)4)12-30-6-5-15(7-26)25-9-24-16-17(21)22-8-23-18(16)25/h8-9,13-15,26H,5-7,10-12H2,1-4H3,(H2,21,22,23). The fraction of sp³-hybridized carbons (Fsp3) is 0.650. The number of rotatable bonds is 15. The second-order valence-corrected chi connectivity index (χ2v) is 9.97. The Morgan fingerprint density at radius 1 is 1.03 bits per heavy atom. The van der Waals surface area contributed by atoms with Crippen molar-refractivity contribution in [3.63, 3.8) is 0 Å². The number of nitrogens with two attached hydrogens (primary N) is 1. The number of fused-ring (bicyclic) bond motifs is 1. The first-order chi connectivity index (χ1) is 17.5. The largest absolute Gasteiger partial charge is 0.510 e. The highest BCUT2D eigenvalue weighted by molar-refractivity contribution is 7.53. The lowest BCUT2D eigenvalue weighted by molar-refractivity contribution is -0.0345. The number of nitrogens with zero attached hydrogens (tertiary/aromatic N) is 4. The van der Waals surface area contributed by atoms with E-state index in [2.05, 4.69) is 15.0 Å². The van der Waals surface area contributed by atoms with Crippen LogP contribution in [0.1, 0.15) is 40.2 Å². The first-order valence-electron chi connectivity index (χ1n) is 11.2. The van der Waals surface area contributed by atoms with E-state index in [1.165, 1.54) is 12.7 Å². The summed E-state index contributed by atoms with van der Waals surface area (Å²) in [6.07, 6.45) is -0.540. The Morgan fingerprint density at radius 2 is 1.62 bits per heavy atom. The molecule has 37 heavy (non-hydrogen) atoms. The third kappa shape index (κ3) is 10.1. The van der Waals surface area contributed by atoms with Gasteiger partial charge in [0.15, 0.2) is 11.5 Å². The summed E-state index contributed by atoms with van der Waals surface area (Å²) in [5.41, 5.74) is 6.61. The van der Waals surface area contributed by atoms with E-state index in [9.17, 15) is 19.3 Å². The molecule has 0 aliphatic heterocycles. The zero-order valence-electron chi connectivity index (χ0n) is 21.0. The number of nitrogen functional groups attached to an aromatic ring is 1. The Labute approximate surface area is 212 Å². The number of hydrogen-bond acceptors (Lipinski definition) is 15. The van der Waals surface area contributed by atoms with Gasteiger partial charge in [-0.25, -0.2) is 24.5 Å². The van der Waals surface area contributed by atoms with Gasteiger partial charge in [0, 0.05) is 6.61 Å².